The normalized spacial score (nSPS) is 10.6. The third kappa shape index (κ3) is 2.27. The van der Waals surface area contributed by atoms with Crippen LogP contribution in [-0.4, -0.2) is 9.91 Å². The number of nitrogens with zero attached hydrogens (tertiary/aromatic N) is 2. The lowest BCUT2D eigenvalue weighted by Gasteiger charge is -2.02. The summed E-state index contributed by atoms with van der Waals surface area (Å²) in [6.45, 7) is 0. The van der Waals surface area contributed by atoms with E-state index in [1.54, 1.807) is 0 Å². The lowest BCUT2D eigenvalue weighted by Crippen LogP contribution is -2.00. The zero-order valence-electron chi connectivity index (χ0n) is 6.38. The van der Waals surface area contributed by atoms with Crippen LogP contribution in [0.3, 0.4) is 0 Å². The summed E-state index contributed by atoms with van der Waals surface area (Å²) in [6, 6.07) is 0.918. The van der Waals surface area contributed by atoms with Gasteiger partial charge in [-0.1, -0.05) is 0 Å². The van der Waals surface area contributed by atoms with Gasteiger partial charge in [0.2, 0.25) is 5.15 Å². The van der Waals surface area contributed by atoms with E-state index in [2.05, 4.69) is 4.98 Å². The molecule has 1 aromatic rings. The van der Waals surface area contributed by atoms with E-state index >= 15 is 0 Å². The number of pyridine rings is 1. The Morgan fingerprint density at radius 3 is 2.64 bits per heavy atom. The molecule has 8 heteroatoms. The molecule has 0 atom stereocenters. The Hall–Kier alpha value is -0.570. The third-order valence-electron chi connectivity index (χ3n) is 1.35. The van der Waals surface area contributed by atoms with Crippen LogP contribution in [0.15, 0.2) is 6.07 Å². The standard InChI is InChI=1S/C6H2ClF2IN2O2/c7-3-1-2(5(8)9)4(10)6(11-3)12(13)14/h1,5H. The van der Waals surface area contributed by atoms with Crippen molar-refractivity contribution < 1.29 is 13.7 Å². The van der Waals surface area contributed by atoms with E-state index in [0.29, 0.717) is 0 Å². The molecule has 1 rings (SSSR count). The van der Waals surface area contributed by atoms with Gasteiger partial charge in [0.1, 0.15) is 3.57 Å². The van der Waals surface area contributed by atoms with Gasteiger partial charge in [0.05, 0.1) is 0 Å². The van der Waals surface area contributed by atoms with E-state index in [-0.39, 0.29) is 8.72 Å². The lowest BCUT2D eigenvalue weighted by atomic mass is 10.3. The van der Waals surface area contributed by atoms with Gasteiger partial charge in [-0.25, -0.2) is 8.78 Å². The number of nitro groups is 1. The second-order valence-electron chi connectivity index (χ2n) is 2.23. The Morgan fingerprint density at radius 1 is 1.64 bits per heavy atom. The molecule has 0 aliphatic heterocycles. The first-order valence-electron chi connectivity index (χ1n) is 3.22. The zero-order chi connectivity index (χ0) is 10.9. The summed E-state index contributed by atoms with van der Waals surface area (Å²) in [5, 5.41) is 10.1. The summed E-state index contributed by atoms with van der Waals surface area (Å²) in [6.07, 6.45) is -2.80. The summed E-state index contributed by atoms with van der Waals surface area (Å²) in [5.41, 5.74) is -0.475. The summed E-state index contributed by atoms with van der Waals surface area (Å²) in [7, 11) is 0. The van der Waals surface area contributed by atoms with E-state index in [1.807, 2.05) is 0 Å². The van der Waals surface area contributed by atoms with Gasteiger partial charge < -0.3 is 10.1 Å². The number of alkyl halides is 2. The minimum absolute atomic E-state index is 0.188. The van der Waals surface area contributed by atoms with E-state index in [9.17, 15) is 18.9 Å². The third-order valence-corrected chi connectivity index (χ3v) is 2.64. The molecule has 0 N–H and O–H groups in total. The maximum Gasteiger partial charge on any atom is 0.378 e. The van der Waals surface area contributed by atoms with Crippen LogP contribution in [0, 0.1) is 13.7 Å². The van der Waals surface area contributed by atoms with Gasteiger partial charge in [0.15, 0.2) is 0 Å². The maximum absolute atomic E-state index is 12.3. The molecule has 0 saturated heterocycles. The predicted molar refractivity (Wildman–Crippen MR) is 53.6 cm³/mol. The quantitative estimate of drug-likeness (QED) is 0.361. The van der Waals surface area contributed by atoms with Gasteiger partial charge in [-0.3, -0.25) is 0 Å². The average molecular weight is 334 g/mol. The minimum atomic E-state index is -2.80. The van der Waals surface area contributed by atoms with Gasteiger partial charge in [0, 0.05) is 11.6 Å². The Kier molecular flexibility index (Phi) is 3.53. The molecule has 0 radical (unpaired) electrons. The van der Waals surface area contributed by atoms with Crippen molar-refractivity contribution in [2.75, 3.05) is 0 Å². The molecule has 0 unspecified atom stereocenters. The molecule has 0 aliphatic carbocycles. The molecule has 0 fully saturated rings. The van der Waals surface area contributed by atoms with Crippen molar-refractivity contribution in [1.29, 1.82) is 0 Å². The Bertz CT molecular complexity index is 388. The molecule has 4 nitrogen and oxygen atoms in total. The molecule has 14 heavy (non-hydrogen) atoms. The molecule has 0 aliphatic rings. The fourth-order valence-corrected chi connectivity index (χ4v) is 1.69. The highest BCUT2D eigenvalue weighted by Crippen LogP contribution is 2.31. The first kappa shape index (κ1) is 11.5. The Labute approximate surface area is 95.6 Å². The number of hydrogen-bond acceptors (Lipinski definition) is 3. The highest BCUT2D eigenvalue weighted by Gasteiger charge is 2.24. The fraction of sp³-hybridized carbons (Fsp3) is 0.167. The highest BCUT2D eigenvalue weighted by atomic mass is 127. The van der Waals surface area contributed by atoms with Crippen LogP contribution in [0.5, 0.6) is 0 Å². The van der Waals surface area contributed by atoms with E-state index in [4.69, 9.17) is 11.6 Å². The smallest absolute Gasteiger partial charge is 0.358 e. The van der Waals surface area contributed by atoms with Gasteiger partial charge in [-0.15, -0.1) is 0 Å². The van der Waals surface area contributed by atoms with Crippen LogP contribution in [0.1, 0.15) is 12.0 Å². The van der Waals surface area contributed by atoms with E-state index in [0.717, 1.165) is 6.07 Å². The maximum atomic E-state index is 12.3. The lowest BCUT2D eigenvalue weighted by molar-refractivity contribution is -0.390. The van der Waals surface area contributed by atoms with Gasteiger partial charge in [-0.05, 0) is 44.1 Å². The summed E-state index contributed by atoms with van der Waals surface area (Å²) in [5.74, 6) is -0.645. The van der Waals surface area contributed by atoms with Gasteiger partial charge in [-0.2, -0.15) is 0 Å². The van der Waals surface area contributed by atoms with Crippen LogP contribution in [-0.2, 0) is 0 Å². The summed E-state index contributed by atoms with van der Waals surface area (Å²) < 4.78 is 24.5. The first-order chi connectivity index (χ1) is 6.43. The molecule has 1 heterocycles. The zero-order valence-corrected chi connectivity index (χ0v) is 9.29. The van der Waals surface area contributed by atoms with Crippen molar-refractivity contribution in [2.24, 2.45) is 0 Å². The van der Waals surface area contributed by atoms with E-state index < -0.39 is 22.7 Å². The van der Waals surface area contributed by atoms with Crippen LogP contribution in [0.25, 0.3) is 0 Å². The topological polar surface area (TPSA) is 56.0 Å². The molecule has 0 amide bonds. The van der Waals surface area contributed by atoms with Crippen LogP contribution < -0.4 is 0 Å². The summed E-state index contributed by atoms with van der Waals surface area (Å²) >= 11 is 6.80. The van der Waals surface area contributed by atoms with Crippen molar-refractivity contribution in [2.45, 2.75) is 6.43 Å². The minimum Gasteiger partial charge on any atom is -0.358 e. The second-order valence-corrected chi connectivity index (χ2v) is 3.70. The van der Waals surface area contributed by atoms with Gasteiger partial charge >= 0.3 is 5.82 Å². The molecule has 0 aromatic carbocycles. The Morgan fingerprint density at radius 2 is 2.21 bits per heavy atom. The van der Waals surface area contributed by atoms with Crippen LogP contribution in [0.4, 0.5) is 14.6 Å². The van der Waals surface area contributed by atoms with Crippen molar-refractivity contribution in [3.63, 3.8) is 0 Å². The monoisotopic (exact) mass is 334 g/mol. The van der Waals surface area contributed by atoms with Crippen molar-refractivity contribution >= 4 is 40.0 Å². The molecule has 1 aromatic heterocycles. The molecule has 76 valence electrons. The van der Waals surface area contributed by atoms with E-state index in [1.165, 1.54) is 22.6 Å². The number of hydrogen-bond donors (Lipinski definition) is 0. The molecule has 0 saturated carbocycles. The number of aromatic nitrogens is 1. The average Bonchev–Trinajstić information content (AvgIpc) is 2.07. The van der Waals surface area contributed by atoms with Crippen molar-refractivity contribution in [3.05, 3.63) is 30.5 Å². The molecule has 0 bridgehead atoms. The molecule has 0 spiro atoms. The van der Waals surface area contributed by atoms with Crippen molar-refractivity contribution in [1.82, 2.24) is 4.98 Å². The second kappa shape index (κ2) is 4.30. The van der Waals surface area contributed by atoms with Gasteiger partial charge in [0.25, 0.3) is 6.43 Å². The van der Waals surface area contributed by atoms with Crippen molar-refractivity contribution in [3.8, 4) is 0 Å². The predicted octanol–water partition coefficient (Wildman–Crippen LogP) is 3.19. The molecular weight excluding hydrogens is 332 g/mol. The number of rotatable bonds is 2. The van der Waals surface area contributed by atoms with Crippen LogP contribution in [0.2, 0.25) is 5.15 Å². The first-order valence-corrected chi connectivity index (χ1v) is 4.67. The fourth-order valence-electron chi connectivity index (χ4n) is 0.783. The SMILES string of the molecule is O=[N+]([O-])c1nc(Cl)cc(C(F)F)c1I. The largest absolute Gasteiger partial charge is 0.378 e. The Balaban J connectivity index is 3.40. The summed E-state index contributed by atoms with van der Waals surface area (Å²) in [4.78, 5) is 12.9. The highest BCUT2D eigenvalue weighted by molar-refractivity contribution is 14.1. The van der Waals surface area contributed by atoms with Crippen LogP contribution >= 0.6 is 34.2 Å². The molecular formula is C6H2ClF2IN2O2. The number of halogens is 4.